The summed E-state index contributed by atoms with van der Waals surface area (Å²) in [7, 11) is -4.06. The van der Waals surface area contributed by atoms with Gasteiger partial charge in [0.25, 0.3) is 15.9 Å². The van der Waals surface area contributed by atoms with E-state index in [4.69, 9.17) is 9.15 Å². The molecule has 0 aliphatic carbocycles. The fourth-order valence-electron chi connectivity index (χ4n) is 4.42. The molecule has 0 spiro atoms. The van der Waals surface area contributed by atoms with Crippen LogP contribution < -0.4 is 14.8 Å². The minimum atomic E-state index is -4.06. The van der Waals surface area contributed by atoms with Crippen LogP contribution in [0.3, 0.4) is 0 Å². The molecule has 8 nitrogen and oxygen atoms in total. The molecule has 1 atom stereocenters. The van der Waals surface area contributed by atoms with Gasteiger partial charge in [-0.2, -0.15) is 0 Å². The summed E-state index contributed by atoms with van der Waals surface area (Å²) in [4.78, 5) is 26.1. The molecule has 1 unspecified atom stereocenters. The topological polar surface area (TPSA) is 115 Å². The summed E-state index contributed by atoms with van der Waals surface area (Å²) < 4.78 is 51.1. The number of amides is 2. The Morgan fingerprint density at radius 3 is 2.38 bits per heavy atom. The molecule has 0 aliphatic rings. The van der Waals surface area contributed by atoms with Gasteiger partial charge in [0.2, 0.25) is 5.91 Å². The van der Waals surface area contributed by atoms with E-state index in [0.717, 1.165) is 17.4 Å². The number of nitrogens with one attached hydrogen (secondary N) is 2. The third-order valence-electron chi connectivity index (χ3n) is 6.53. The number of rotatable bonds is 13. The number of hydrogen-bond donors (Lipinski definition) is 2. The summed E-state index contributed by atoms with van der Waals surface area (Å²) in [6.07, 6.45) is 2.79. The molecule has 42 heavy (non-hydrogen) atoms. The van der Waals surface area contributed by atoms with Crippen LogP contribution >= 0.6 is 0 Å². The number of hydrogen-bond acceptors (Lipinski definition) is 6. The van der Waals surface area contributed by atoms with Gasteiger partial charge in [0.15, 0.2) is 0 Å². The van der Waals surface area contributed by atoms with E-state index in [-0.39, 0.29) is 48.0 Å². The Labute approximate surface area is 245 Å². The molecule has 3 aromatic carbocycles. The van der Waals surface area contributed by atoms with Gasteiger partial charge in [-0.25, -0.2) is 17.5 Å². The second kappa shape index (κ2) is 14.0. The third kappa shape index (κ3) is 8.53. The number of carbonyl (C=O) groups is 2. The lowest BCUT2D eigenvalue weighted by molar-refractivity contribution is -0.119. The average molecular weight is 593 g/mol. The van der Waals surface area contributed by atoms with Gasteiger partial charge in [-0.05, 0) is 71.8 Å². The largest absolute Gasteiger partial charge is 0.489 e. The maximum Gasteiger partial charge on any atom is 0.267 e. The molecule has 1 aromatic heterocycles. The van der Waals surface area contributed by atoms with Gasteiger partial charge in [0.05, 0.1) is 12.3 Å². The molecule has 1 heterocycles. The van der Waals surface area contributed by atoms with Crippen LogP contribution in [0.4, 0.5) is 4.39 Å². The van der Waals surface area contributed by atoms with E-state index in [2.05, 4.69) is 5.32 Å². The molecule has 0 aliphatic heterocycles. The van der Waals surface area contributed by atoms with E-state index in [1.54, 1.807) is 30.3 Å². The SMILES string of the molecule is CC(C)CC(NC(=O)c1cc(COc2ccccc2)ccc1CCC(=O)NS(=O)(=O)c1ccoc1)c1ccc(F)cc1. The number of carbonyl (C=O) groups excluding carboxylic acids is 2. The second-order valence-corrected chi connectivity index (χ2v) is 12.0. The second-order valence-electron chi connectivity index (χ2n) is 10.3. The predicted octanol–water partition coefficient (Wildman–Crippen LogP) is 5.95. The zero-order valence-corrected chi connectivity index (χ0v) is 24.2. The summed E-state index contributed by atoms with van der Waals surface area (Å²) in [6.45, 7) is 4.28. The van der Waals surface area contributed by atoms with Crippen molar-refractivity contribution in [3.8, 4) is 5.75 Å². The van der Waals surface area contributed by atoms with Crippen molar-refractivity contribution in [3.63, 3.8) is 0 Å². The highest BCUT2D eigenvalue weighted by Gasteiger charge is 2.22. The molecule has 0 saturated carbocycles. The highest BCUT2D eigenvalue weighted by Crippen LogP contribution is 2.24. The summed E-state index contributed by atoms with van der Waals surface area (Å²) in [5.74, 6) is -0.534. The van der Waals surface area contributed by atoms with Crippen LogP contribution in [0, 0.1) is 11.7 Å². The van der Waals surface area contributed by atoms with Crippen molar-refractivity contribution in [2.45, 2.75) is 50.7 Å². The lowest BCUT2D eigenvalue weighted by Crippen LogP contribution is -2.31. The standard InChI is InChI=1S/C32H33FN2O6S/c1-22(2)18-30(25-10-13-26(33)14-11-25)34-32(37)29-19-23(20-41-27-6-4-3-5-7-27)8-9-24(29)12-15-31(36)35-42(38,39)28-16-17-40-21-28/h3-11,13-14,16-17,19,21-22,30H,12,15,18,20H2,1-2H3,(H,34,37)(H,35,36). The molecule has 220 valence electrons. The van der Waals surface area contributed by atoms with Crippen molar-refractivity contribution in [2.24, 2.45) is 5.92 Å². The van der Waals surface area contributed by atoms with Crippen LogP contribution in [-0.2, 0) is 27.8 Å². The number of ether oxygens (including phenoxy) is 1. The van der Waals surface area contributed by atoms with Crippen molar-refractivity contribution in [1.82, 2.24) is 10.0 Å². The summed E-state index contributed by atoms with van der Waals surface area (Å²) in [5.41, 5.74) is 2.41. The van der Waals surface area contributed by atoms with Crippen LogP contribution in [0.5, 0.6) is 5.75 Å². The van der Waals surface area contributed by atoms with Crippen molar-refractivity contribution < 1.29 is 31.6 Å². The van der Waals surface area contributed by atoms with E-state index in [1.165, 1.54) is 24.5 Å². The monoisotopic (exact) mass is 592 g/mol. The van der Waals surface area contributed by atoms with Crippen LogP contribution in [-0.4, -0.2) is 20.2 Å². The van der Waals surface area contributed by atoms with Crippen LogP contribution in [0.2, 0.25) is 0 Å². The fraction of sp³-hybridized carbons (Fsp3) is 0.250. The zero-order chi connectivity index (χ0) is 30.1. The number of para-hydroxylation sites is 1. The number of aryl methyl sites for hydroxylation is 1. The van der Waals surface area contributed by atoms with Crippen LogP contribution in [0.1, 0.15) is 59.8 Å². The van der Waals surface area contributed by atoms with Gasteiger partial charge in [0, 0.05) is 12.0 Å². The zero-order valence-electron chi connectivity index (χ0n) is 23.4. The van der Waals surface area contributed by atoms with Gasteiger partial charge in [0.1, 0.15) is 29.3 Å². The third-order valence-corrected chi connectivity index (χ3v) is 7.88. The average Bonchev–Trinajstić information content (AvgIpc) is 3.52. The van der Waals surface area contributed by atoms with Gasteiger partial charge in [-0.3, -0.25) is 9.59 Å². The molecular formula is C32H33FN2O6S. The highest BCUT2D eigenvalue weighted by atomic mass is 32.2. The lowest BCUT2D eigenvalue weighted by Gasteiger charge is -2.22. The maximum absolute atomic E-state index is 13.7. The molecule has 0 radical (unpaired) electrons. The quantitative estimate of drug-likeness (QED) is 0.198. The first-order valence-electron chi connectivity index (χ1n) is 13.5. The van der Waals surface area contributed by atoms with Crippen molar-refractivity contribution in [1.29, 1.82) is 0 Å². The Morgan fingerprint density at radius 1 is 0.976 bits per heavy atom. The smallest absolute Gasteiger partial charge is 0.267 e. The van der Waals surface area contributed by atoms with E-state index < -0.39 is 15.9 Å². The highest BCUT2D eigenvalue weighted by molar-refractivity contribution is 7.90. The molecule has 4 rings (SSSR count). The Balaban J connectivity index is 1.55. The fourth-order valence-corrected chi connectivity index (χ4v) is 5.36. The lowest BCUT2D eigenvalue weighted by atomic mass is 9.95. The molecule has 4 aromatic rings. The number of benzene rings is 3. The number of furan rings is 1. The summed E-state index contributed by atoms with van der Waals surface area (Å²) >= 11 is 0. The Bertz CT molecular complexity index is 1590. The Hall–Kier alpha value is -4.44. The van der Waals surface area contributed by atoms with E-state index in [9.17, 15) is 22.4 Å². The van der Waals surface area contributed by atoms with Gasteiger partial charge in [-0.1, -0.05) is 56.3 Å². The number of halogens is 1. The minimum absolute atomic E-state index is 0.112. The Morgan fingerprint density at radius 2 is 1.71 bits per heavy atom. The first kappa shape index (κ1) is 30.5. The van der Waals surface area contributed by atoms with Gasteiger partial charge >= 0.3 is 0 Å². The molecule has 10 heteroatoms. The normalized spacial score (nSPS) is 12.1. The molecule has 0 saturated heterocycles. The molecule has 2 amide bonds. The van der Waals surface area contributed by atoms with Gasteiger partial charge in [-0.15, -0.1) is 0 Å². The van der Waals surface area contributed by atoms with E-state index in [0.29, 0.717) is 23.3 Å². The van der Waals surface area contributed by atoms with E-state index in [1.807, 2.05) is 48.9 Å². The molecular weight excluding hydrogens is 559 g/mol. The van der Waals surface area contributed by atoms with Crippen molar-refractivity contribution >= 4 is 21.8 Å². The van der Waals surface area contributed by atoms with Crippen LogP contribution in [0.25, 0.3) is 0 Å². The summed E-state index contributed by atoms with van der Waals surface area (Å²) in [6, 6.07) is 21.4. The number of sulfonamides is 1. The first-order valence-corrected chi connectivity index (χ1v) is 15.0. The Kier molecular flexibility index (Phi) is 10.1. The first-order chi connectivity index (χ1) is 20.1. The molecule has 2 N–H and O–H groups in total. The van der Waals surface area contributed by atoms with Crippen molar-refractivity contribution in [3.05, 3.63) is 119 Å². The molecule has 0 fully saturated rings. The maximum atomic E-state index is 13.7. The van der Waals surface area contributed by atoms with Gasteiger partial charge < -0.3 is 14.5 Å². The van der Waals surface area contributed by atoms with E-state index >= 15 is 0 Å². The van der Waals surface area contributed by atoms with Crippen molar-refractivity contribution in [2.75, 3.05) is 0 Å². The minimum Gasteiger partial charge on any atom is -0.489 e. The van der Waals surface area contributed by atoms with Crippen LogP contribution in [0.15, 0.2) is 101 Å². The molecule has 0 bridgehead atoms. The predicted molar refractivity (Wildman–Crippen MR) is 156 cm³/mol. The summed E-state index contributed by atoms with van der Waals surface area (Å²) in [5, 5.41) is 3.08.